The SMILES string of the molecule is CCOC(=O)N1CCC(NC(=O)COC(=O)c2cc(C)n(Cc3ccccc3)c2C)CC1. The van der Waals surface area contributed by atoms with E-state index in [2.05, 4.69) is 9.88 Å². The van der Waals surface area contributed by atoms with E-state index in [1.54, 1.807) is 17.9 Å². The van der Waals surface area contributed by atoms with Crippen LogP contribution in [0.15, 0.2) is 36.4 Å². The highest BCUT2D eigenvalue weighted by Crippen LogP contribution is 2.18. The van der Waals surface area contributed by atoms with Crippen LogP contribution >= 0.6 is 0 Å². The first kappa shape index (κ1) is 23.4. The second-order valence-electron chi connectivity index (χ2n) is 7.96. The summed E-state index contributed by atoms with van der Waals surface area (Å²) in [5.74, 6) is -0.851. The zero-order valence-corrected chi connectivity index (χ0v) is 18.9. The lowest BCUT2D eigenvalue weighted by Gasteiger charge is -2.31. The van der Waals surface area contributed by atoms with Gasteiger partial charge in [0.1, 0.15) is 0 Å². The summed E-state index contributed by atoms with van der Waals surface area (Å²) in [5.41, 5.74) is 3.37. The van der Waals surface area contributed by atoms with E-state index in [0.29, 0.717) is 44.6 Å². The maximum Gasteiger partial charge on any atom is 0.409 e. The number of aromatic nitrogens is 1. The van der Waals surface area contributed by atoms with Gasteiger partial charge in [-0.15, -0.1) is 0 Å². The molecule has 3 rings (SSSR count). The Bertz CT molecular complexity index is 946. The molecule has 0 spiro atoms. The molecule has 1 aromatic heterocycles. The number of carbonyl (C=O) groups excluding carboxylic acids is 3. The molecular formula is C24H31N3O5. The number of hydrogen-bond donors (Lipinski definition) is 1. The third-order valence-corrected chi connectivity index (χ3v) is 5.70. The first-order valence-corrected chi connectivity index (χ1v) is 11.0. The molecule has 2 aromatic rings. The van der Waals surface area contributed by atoms with Gasteiger partial charge < -0.3 is 24.3 Å². The molecule has 0 saturated carbocycles. The van der Waals surface area contributed by atoms with E-state index in [9.17, 15) is 14.4 Å². The summed E-state index contributed by atoms with van der Waals surface area (Å²) in [5, 5.41) is 2.88. The Morgan fingerprint density at radius 1 is 1.06 bits per heavy atom. The fraction of sp³-hybridized carbons (Fsp3) is 0.458. The van der Waals surface area contributed by atoms with Gasteiger partial charge in [-0.05, 0) is 45.2 Å². The van der Waals surface area contributed by atoms with Crippen molar-refractivity contribution in [3.05, 3.63) is 58.9 Å². The molecular weight excluding hydrogens is 410 g/mol. The van der Waals surface area contributed by atoms with Crippen LogP contribution in [0.1, 0.15) is 47.1 Å². The smallest absolute Gasteiger partial charge is 0.409 e. The minimum Gasteiger partial charge on any atom is -0.452 e. The molecule has 1 aliphatic rings. The Hall–Kier alpha value is -3.29. The van der Waals surface area contributed by atoms with E-state index >= 15 is 0 Å². The molecule has 2 heterocycles. The number of esters is 1. The highest BCUT2D eigenvalue weighted by molar-refractivity contribution is 5.92. The van der Waals surface area contributed by atoms with E-state index in [1.165, 1.54) is 0 Å². The van der Waals surface area contributed by atoms with Crippen LogP contribution in [0.3, 0.4) is 0 Å². The molecule has 1 aromatic carbocycles. The molecule has 0 unspecified atom stereocenters. The number of hydrogen-bond acceptors (Lipinski definition) is 5. The summed E-state index contributed by atoms with van der Waals surface area (Å²) in [6.07, 6.45) is 0.953. The molecule has 1 N–H and O–H groups in total. The number of nitrogens with zero attached hydrogens (tertiary/aromatic N) is 2. The zero-order valence-electron chi connectivity index (χ0n) is 18.9. The number of ether oxygens (including phenoxy) is 2. The van der Waals surface area contributed by atoms with Crippen molar-refractivity contribution in [2.24, 2.45) is 0 Å². The van der Waals surface area contributed by atoms with E-state index in [-0.39, 0.29) is 24.6 Å². The number of rotatable bonds is 7. The van der Waals surface area contributed by atoms with Crippen molar-refractivity contribution in [1.82, 2.24) is 14.8 Å². The molecule has 0 radical (unpaired) electrons. The highest BCUT2D eigenvalue weighted by atomic mass is 16.6. The Labute approximate surface area is 188 Å². The first-order chi connectivity index (χ1) is 15.4. The van der Waals surface area contributed by atoms with Crippen LogP contribution in [0.4, 0.5) is 4.79 Å². The lowest BCUT2D eigenvalue weighted by Crippen LogP contribution is -2.47. The van der Waals surface area contributed by atoms with Crippen LogP contribution in [0, 0.1) is 13.8 Å². The van der Waals surface area contributed by atoms with Gasteiger partial charge in [-0.1, -0.05) is 30.3 Å². The predicted octanol–water partition coefficient (Wildman–Crippen LogP) is 3.05. The zero-order chi connectivity index (χ0) is 23.1. The molecule has 0 atom stereocenters. The van der Waals surface area contributed by atoms with E-state index in [1.807, 2.05) is 44.2 Å². The summed E-state index contributed by atoms with van der Waals surface area (Å²) < 4.78 is 12.3. The second-order valence-corrected chi connectivity index (χ2v) is 7.96. The van der Waals surface area contributed by atoms with Crippen molar-refractivity contribution in [3.8, 4) is 0 Å². The third-order valence-electron chi connectivity index (χ3n) is 5.70. The summed E-state index contributed by atoms with van der Waals surface area (Å²) in [6.45, 7) is 7.32. The van der Waals surface area contributed by atoms with Gasteiger partial charge in [0.25, 0.3) is 5.91 Å². The Morgan fingerprint density at radius 2 is 1.75 bits per heavy atom. The number of piperidine rings is 1. The molecule has 1 aliphatic heterocycles. The first-order valence-electron chi connectivity index (χ1n) is 11.0. The lowest BCUT2D eigenvalue weighted by molar-refractivity contribution is -0.125. The predicted molar refractivity (Wildman–Crippen MR) is 119 cm³/mol. The number of aryl methyl sites for hydroxylation is 1. The normalized spacial score (nSPS) is 14.2. The van der Waals surface area contributed by atoms with Crippen LogP contribution in [-0.2, 0) is 20.8 Å². The van der Waals surface area contributed by atoms with Gasteiger partial charge in [0.15, 0.2) is 6.61 Å². The van der Waals surface area contributed by atoms with Gasteiger partial charge in [-0.2, -0.15) is 0 Å². The Kier molecular flexibility index (Phi) is 7.92. The van der Waals surface area contributed by atoms with E-state index in [0.717, 1.165) is 17.0 Å². The Morgan fingerprint density at radius 3 is 2.41 bits per heavy atom. The molecule has 172 valence electrons. The van der Waals surface area contributed by atoms with Crippen molar-refractivity contribution in [3.63, 3.8) is 0 Å². The van der Waals surface area contributed by atoms with Gasteiger partial charge in [0, 0.05) is 37.1 Å². The minimum absolute atomic E-state index is 0.0529. The molecule has 2 amide bonds. The fourth-order valence-corrected chi connectivity index (χ4v) is 3.92. The molecule has 1 fully saturated rings. The van der Waals surface area contributed by atoms with Crippen LogP contribution in [0.2, 0.25) is 0 Å². The van der Waals surface area contributed by atoms with Crippen molar-refractivity contribution >= 4 is 18.0 Å². The molecule has 8 heteroatoms. The monoisotopic (exact) mass is 441 g/mol. The van der Waals surface area contributed by atoms with Gasteiger partial charge in [-0.3, -0.25) is 4.79 Å². The van der Waals surface area contributed by atoms with Gasteiger partial charge in [0.05, 0.1) is 12.2 Å². The second kappa shape index (κ2) is 10.8. The average Bonchev–Trinajstić information content (AvgIpc) is 3.07. The van der Waals surface area contributed by atoms with Gasteiger partial charge in [-0.25, -0.2) is 9.59 Å². The molecule has 1 saturated heterocycles. The van der Waals surface area contributed by atoms with E-state index < -0.39 is 5.97 Å². The summed E-state index contributed by atoms with van der Waals surface area (Å²) in [7, 11) is 0. The third kappa shape index (κ3) is 5.90. The molecule has 8 nitrogen and oxygen atoms in total. The van der Waals surface area contributed by atoms with Crippen molar-refractivity contribution in [2.75, 3.05) is 26.3 Å². The quantitative estimate of drug-likeness (QED) is 0.667. The van der Waals surface area contributed by atoms with Crippen LogP contribution < -0.4 is 5.32 Å². The van der Waals surface area contributed by atoms with Crippen molar-refractivity contribution in [2.45, 2.75) is 46.2 Å². The standard InChI is InChI=1S/C24H31N3O5/c1-4-31-24(30)26-12-10-20(11-13-26)25-22(28)16-32-23(29)21-14-17(2)27(18(21)3)15-19-8-6-5-7-9-19/h5-9,14,20H,4,10-13,15-16H2,1-3H3,(H,25,28). The molecule has 0 aliphatic carbocycles. The van der Waals surface area contributed by atoms with Gasteiger partial charge >= 0.3 is 12.1 Å². The number of amides is 2. The van der Waals surface area contributed by atoms with Crippen molar-refractivity contribution < 1.29 is 23.9 Å². The minimum atomic E-state index is -0.510. The molecule has 0 bridgehead atoms. The topological polar surface area (TPSA) is 89.9 Å². The largest absolute Gasteiger partial charge is 0.452 e. The Balaban J connectivity index is 1.48. The summed E-state index contributed by atoms with van der Waals surface area (Å²) in [6, 6.07) is 11.8. The van der Waals surface area contributed by atoms with Crippen LogP contribution in [0.5, 0.6) is 0 Å². The number of likely N-dealkylation sites (tertiary alicyclic amines) is 1. The number of nitrogens with one attached hydrogen (secondary N) is 1. The molecule has 32 heavy (non-hydrogen) atoms. The lowest BCUT2D eigenvalue weighted by atomic mass is 10.1. The maximum atomic E-state index is 12.6. The number of carbonyl (C=O) groups is 3. The van der Waals surface area contributed by atoms with E-state index in [4.69, 9.17) is 9.47 Å². The number of benzene rings is 1. The fourth-order valence-electron chi connectivity index (χ4n) is 3.92. The summed E-state index contributed by atoms with van der Waals surface area (Å²) >= 11 is 0. The van der Waals surface area contributed by atoms with Crippen molar-refractivity contribution in [1.29, 1.82) is 0 Å². The van der Waals surface area contributed by atoms with Crippen LogP contribution in [0.25, 0.3) is 0 Å². The van der Waals surface area contributed by atoms with Crippen LogP contribution in [-0.4, -0.2) is 59.8 Å². The summed E-state index contributed by atoms with van der Waals surface area (Å²) in [4.78, 5) is 38.2. The maximum absolute atomic E-state index is 12.6. The van der Waals surface area contributed by atoms with Gasteiger partial charge in [0.2, 0.25) is 0 Å². The highest BCUT2D eigenvalue weighted by Gasteiger charge is 2.25. The average molecular weight is 442 g/mol.